The molecular formula is C18H18N6O3S2. The summed E-state index contributed by atoms with van der Waals surface area (Å²) in [6.45, 7) is 3.33. The van der Waals surface area contributed by atoms with Gasteiger partial charge in [-0.3, -0.25) is 10.1 Å². The van der Waals surface area contributed by atoms with Crippen LogP contribution >= 0.6 is 23.6 Å². The maximum Gasteiger partial charge on any atom is 0.270 e. The van der Waals surface area contributed by atoms with Crippen molar-refractivity contribution in [3.63, 3.8) is 0 Å². The summed E-state index contributed by atoms with van der Waals surface area (Å²) in [6.07, 6.45) is 3.33. The number of nitro groups is 1. The first-order valence-corrected chi connectivity index (χ1v) is 10.1. The average Bonchev–Trinajstić information content (AvgIpc) is 3.27. The van der Waals surface area contributed by atoms with Crippen molar-refractivity contribution in [2.75, 3.05) is 38.2 Å². The number of hydrogen-bond donors (Lipinski definition) is 1. The minimum Gasteiger partial charge on any atom is -0.492 e. The Bertz CT molecular complexity index is 1110. The highest BCUT2D eigenvalue weighted by atomic mass is 32.1. The molecule has 11 heteroatoms. The van der Waals surface area contributed by atoms with Crippen molar-refractivity contribution in [3.8, 4) is 5.88 Å². The fraction of sp³-hybridized carbons (Fsp3) is 0.278. The number of rotatable bonds is 4. The number of piperazine rings is 1. The largest absolute Gasteiger partial charge is 0.492 e. The predicted molar refractivity (Wildman–Crippen MR) is 116 cm³/mol. The number of hydrogen-bond acceptors (Lipinski definition) is 9. The molecule has 0 bridgehead atoms. The van der Waals surface area contributed by atoms with Crippen molar-refractivity contribution in [2.24, 2.45) is 10.2 Å². The van der Waals surface area contributed by atoms with Crippen LogP contribution in [-0.4, -0.2) is 64.8 Å². The van der Waals surface area contributed by atoms with Crippen LogP contribution in [0.25, 0.3) is 6.08 Å². The molecule has 0 amide bonds. The van der Waals surface area contributed by atoms with Gasteiger partial charge in [0, 0.05) is 49.4 Å². The van der Waals surface area contributed by atoms with Gasteiger partial charge in [-0.2, -0.15) is 5.10 Å². The van der Waals surface area contributed by atoms with Gasteiger partial charge in [0.15, 0.2) is 3.95 Å². The summed E-state index contributed by atoms with van der Waals surface area (Å²) in [5, 5.41) is 32.0. The van der Waals surface area contributed by atoms with Crippen LogP contribution in [0.15, 0.2) is 40.0 Å². The summed E-state index contributed by atoms with van der Waals surface area (Å²) >= 11 is 6.78. The molecule has 3 heterocycles. The lowest BCUT2D eigenvalue weighted by Gasteiger charge is -2.34. The van der Waals surface area contributed by atoms with Crippen molar-refractivity contribution in [2.45, 2.75) is 0 Å². The van der Waals surface area contributed by atoms with Gasteiger partial charge in [0.25, 0.3) is 5.69 Å². The van der Waals surface area contributed by atoms with Gasteiger partial charge in [-0.25, -0.2) is 4.68 Å². The quantitative estimate of drug-likeness (QED) is 0.455. The van der Waals surface area contributed by atoms with Gasteiger partial charge in [0.2, 0.25) is 5.88 Å². The van der Waals surface area contributed by atoms with E-state index in [1.54, 1.807) is 29.1 Å². The van der Waals surface area contributed by atoms with E-state index in [-0.39, 0.29) is 11.6 Å². The zero-order chi connectivity index (χ0) is 20.5. The molecule has 29 heavy (non-hydrogen) atoms. The Balaban J connectivity index is 1.66. The van der Waals surface area contributed by atoms with E-state index < -0.39 is 4.92 Å². The van der Waals surface area contributed by atoms with E-state index in [9.17, 15) is 15.2 Å². The molecule has 0 saturated carbocycles. The van der Waals surface area contributed by atoms with E-state index >= 15 is 0 Å². The molecule has 0 unspecified atom stereocenters. The zero-order valence-corrected chi connectivity index (χ0v) is 17.2. The number of nitrogens with zero attached hydrogens (tertiary/aromatic N) is 6. The van der Waals surface area contributed by atoms with Crippen LogP contribution in [0.3, 0.4) is 0 Å². The van der Waals surface area contributed by atoms with Crippen LogP contribution in [0.2, 0.25) is 0 Å². The fourth-order valence-electron chi connectivity index (χ4n) is 3.22. The molecule has 2 aliphatic heterocycles. The lowest BCUT2D eigenvalue weighted by atomic mass is 10.0. The molecule has 0 spiro atoms. The van der Waals surface area contributed by atoms with E-state index in [0.717, 1.165) is 26.2 Å². The number of thiazole rings is 1. The number of nitro benzene ring substituents is 1. The normalized spacial score (nSPS) is 18.4. The molecule has 1 N–H and O–H groups in total. The van der Waals surface area contributed by atoms with Crippen molar-refractivity contribution in [3.05, 3.63) is 54.3 Å². The number of aromatic hydroxyl groups is 1. The molecule has 2 aliphatic rings. The average molecular weight is 431 g/mol. The highest BCUT2D eigenvalue weighted by Crippen LogP contribution is 2.30. The first kappa shape index (κ1) is 19.4. The predicted octanol–water partition coefficient (Wildman–Crippen LogP) is 2.65. The number of allylic oxidation sites excluding steroid dienone is 1. The third kappa shape index (κ3) is 3.84. The van der Waals surface area contributed by atoms with Gasteiger partial charge in [0.05, 0.1) is 16.0 Å². The van der Waals surface area contributed by atoms with Crippen molar-refractivity contribution in [1.82, 2.24) is 9.58 Å². The molecule has 0 aliphatic carbocycles. The molecule has 150 valence electrons. The lowest BCUT2D eigenvalue weighted by Crippen LogP contribution is -2.49. The van der Waals surface area contributed by atoms with Gasteiger partial charge >= 0.3 is 0 Å². The third-order valence-corrected chi connectivity index (χ3v) is 6.09. The molecule has 9 nitrogen and oxygen atoms in total. The molecule has 2 aromatic rings. The summed E-state index contributed by atoms with van der Waals surface area (Å²) in [6, 6.07) is 6.23. The Labute approximate surface area is 175 Å². The Morgan fingerprint density at radius 1 is 1.31 bits per heavy atom. The van der Waals surface area contributed by atoms with Crippen molar-refractivity contribution < 1.29 is 10.0 Å². The third-order valence-electron chi connectivity index (χ3n) is 4.80. The Hall–Kier alpha value is -2.89. The topological polar surface area (TPSA) is 99.5 Å². The standard InChI is InChI=1S/C18H18N6O3S2/c1-21-5-7-22(8-6-21)23-17(25)15(29-18(23)28)10-13-11-19-20-16(13)12-3-2-4-14(9-12)24(26)27/h2-4,9-11,25H,5-8H2,1H3/b13-10-. The van der Waals surface area contributed by atoms with Gasteiger partial charge in [-0.15, -0.1) is 5.10 Å². The fourth-order valence-corrected chi connectivity index (χ4v) is 4.53. The first-order valence-electron chi connectivity index (χ1n) is 8.90. The number of benzene rings is 1. The SMILES string of the molecule is CN1CCN(n2c(O)c(/C=C3/C=NN=C3c3cccc([N+](=O)[O-])c3)sc2=S)CC1. The molecule has 1 aromatic carbocycles. The lowest BCUT2D eigenvalue weighted by molar-refractivity contribution is -0.384. The smallest absolute Gasteiger partial charge is 0.270 e. The number of aromatic nitrogens is 1. The highest BCUT2D eigenvalue weighted by molar-refractivity contribution is 7.73. The second-order valence-electron chi connectivity index (χ2n) is 6.72. The van der Waals surface area contributed by atoms with Gasteiger partial charge in [-0.05, 0) is 25.3 Å². The maximum absolute atomic E-state index is 11.1. The van der Waals surface area contributed by atoms with Crippen LogP contribution in [0.1, 0.15) is 10.4 Å². The van der Waals surface area contributed by atoms with E-state index in [4.69, 9.17) is 12.2 Å². The minimum atomic E-state index is -0.448. The van der Waals surface area contributed by atoms with Crippen LogP contribution in [-0.2, 0) is 0 Å². The number of likely N-dealkylation sites (N-methyl/N-ethyl adjacent to an activating group) is 1. The maximum atomic E-state index is 11.1. The van der Waals surface area contributed by atoms with Crippen molar-refractivity contribution >= 4 is 47.2 Å². The van der Waals surface area contributed by atoms with Crippen LogP contribution in [0.4, 0.5) is 5.69 Å². The molecule has 0 atom stereocenters. The molecule has 4 rings (SSSR count). The molecule has 1 fully saturated rings. The summed E-state index contributed by atoms with van der Waals surface area (Å²) in [7, 11) is 2.06. The summed E-state index contributed by atoms with van der Waals surface area (Å²) in [5.41, 5.74) is 1.74. The van der Waals surface area contributed by atoms with Crippen LogP contribution in [0.5, 0.6) is 5.88 Å². The van der Waals surface area contributed by atoms with Gasteiger partial charge in [-0.1, -0.05) is 23.5 Å². The van der Waals surface area contributed by atoms with Gasteiger partial charge < -0.3 is 15.0 Å². The second-order valence-corrected chi connectivity index (χ2v) is 8.40. The summed E-state index contributed by atoms with van der Waals surface area (Å²) in [5.74, 6) is 0.0794. The Morgan fingerprint density at radius 3 is 2.79 bits per heavy atom. The summed E-state index contributed by atoms with van der Waals surface area (Å²) in [4.78, 5) is 13.4. The molecule has 1 aromatic heterocycles. The zero-order valence-electron chi connectivity index (χ0n) is 15.6. The van der Waals surface area contributed by atoms with Crippen molar-refractivity contribution in [1.29, 1.82) is 0 Å². The molecular weight excluding hydrogens is 412 g/mol. The Morgan fingerprint density at radius 2 is 2.07 bits per heavy atom. The molecule has 1 saturated heterocycles. The minimum absolute atomic E-state index is 0.0174. The highest BCUT2D eigenvalue weighted by Gasteiger charge is 2.22. The van der Waals surface area contributed by atoms with E-state index in [1.807, 2.05) is 5.01 Å². The van der Waals surface area contributed by atoms with Gasteiger partial charge in [0.1, 0.15) is 5.71 Å². The Kier molecular flexibility index (Phi) is 5.26. The summed E-state index contributed by atoms with van der Waals surface area (Å²) < 4.78 is 2.23. The second kappa shape index (κ2) is 7.85. The van der Waals surface area contributed by atoms with E-state index in [2.05, 4.69) is 22.2 Å². The van der Waals surface area contributed by atoms with Crippen LogP contribution in [0, 0.1) is 14.1 Å². The monoisotopic (exact) mass is 430 g/mol. The number of non-ortho nitro benzene ring substituents is 1. The van der Waals surface area contributed by atoms with E-state index in [1.165, 1.54) is 23.5 Å². The van der Waals surface area contributed by atoms with E-state index in [0.29, 0.717) is 25.7 Å². The first-order chi connectivity index (χ1) is 13.9. The molecule has 0 radical (unpaired) electrons. The van der Waals surface area contributed by atoms with Crippen LogP contribution < -0.4 is 5.01 Å².